The van der Waals surface area contributed by atoms with Crippen molar-refractivity contribution in [3.8, 4) is 11.1 Å². The number of rotatable bonds is 8. The first-order chi connectivity index (χ1) is 15.0. The number of benzene rings is 2. The van der Waals surface area contributed by atoms with Gasteiger partial charge in [-0.05, 0) is 38.3 Å². The number of aromatic nitrogens is 2. The maximum absolute atomic E-state index is 13.2. The Bertz CT molecular complexity index is 1080. The van der Waals surface area contributed by atoms with Gasteiger partial charge in [0, 0.05) is 23.9 Å². The van der Waals surface area contributed by atoms with Crippen LogP contribution in [0.4, 0.5) is 5.69 Å². The van der Waals surface area contributed by atoms with Crippen LogP contribution in [-0.4, -0.2) is 28.2 Å². The van der Waals surface area contributed by atoms with Crippen LogP contribution in [0.2, 0.25) is 0 Å². The SMILES string of the molecule is Cc1ccc(-c2cccc(C(=O)NC(C)c3cnccn3)c2NCC(=O)C2CC2)cc1. The van der Waals surface area contributed by atoms with Crippen molar-refractivity contribution in [2.24, 2.45) is 5.92 Å². The Morgan fingerprint density at radius 3 is 2.55 bits per heavy atom. The van der Waals surface area contributed by atoms with Gasteiger partial charge in [-0.3, -0.25) is 19.6 Å². The molecule has 0 bridgehead atoms. The van der Waals surface area contributed by atoms with Gasteiger partial charge in [-0.1, -0.05) is 42.0 Å². The number of aryl methyl sites for hydroxylation is 1. The Morgan fingerprint density at radius 1 is 1.10 bits per heavy atom. The number of Topliss-reactive ketones (excluding diaryl/α,β-unsaturated/α-hetero) is 1. The standard InChI is InChI=1S/C25H26N4O2/c1-16-6-8-18(9-7-16)20-4-3-5-21(24(20)28-15-23(30)19-10-11-19)25(31)29-17(2)22-14-26-12-13-27-22/h3-9,12-14,17,19,28H,10-11,15H2,1-2H3,(H,29,31). The fourth-order valence-corrected chi connectivity index (χ4v) is 3.51. The van der Waals surface area contributed by atoms with Crippen molar-refractivity contribution < 1.29 is 9.59 Å². The van der Waals surface area contributed by atoms with Crippen LogP contribution in [0, 0.1) is 12.8 Å². The number of hydrogen-bond acceptors (Lipinski definition) is 5. The second kappa shape index (κ2) is 9.08. The molecule has 4 rings (SSSR count). The average Bonchev–Trinajstić information content (AvgIpc) is 3.64. The molecule has 1 fully saturated rings. The summed E-state index contributed by atoms with van der Waals surface area (Å²) < 4.78 is 0. The third-order valence-electron chi connectivity index (χ3n) is 5.52. The normalized spacial score (nSPS) is 14.0. The summed E-state index contributed by atoms with van der Waals surface area (Å²) in [6, 6.07) is 13.5. The van der Waals surface area contributed by atoms with E-state index in [1.54, 1.807) is 24.7 Å². The van der Waals surface area contributed by atoms with Gasteiger partial charge in [0.15, 0.2) is 5.78 Å². The topological polar surface area (TPSA) is 84.0 Å². The van der Waals surface area contributed by atoms with Crippen LogP contribution in [0.3, 0.4) is 0 Å². The molecule has 31 heavy (non-hydrogen) atoms. The molecule has 1 amide bonds. The summed E-state index contributed by atoms with van der Waals surface area (Å²) in [7, 11) is 0. The van der Waals surface area contributed by atoms with Crippen molar-refractivity contribution in [2.45, 2.75) is 32.7 Å². The Balaban J connectivity index is 1.64. The average molecular weight is 415 g/mol. The lowest BCUT2D eigenvalue weighted by Gasteiger charge is -2.19. The van der Waals surface area contributed by atoms with Crippen LogP contribution < -0.4 is 10.6 Å². The molecule has 1 aliphatic rings. The molecule has 2 N–H and O–H groups in total. The van der Waals surface area contributed by atoms with Crippen LogP contribution in [0.5, 0.6) is 0 Å². The smallest absolute Gasteiger partial charge is 0.253 e. The van der Waals surface area contributed by atoms with Crippen molar-refractivity contribution >= 4 is 17.4 Å². The van der Waals surface area contributed by atoms with Gasteiger partial charge in [0.2, 0.25) is 0 Å². The Hall–Kier alpha value is -3.54. The molecule has 1 aliphatic carbocycles. The number of para-hydroxylation sites is 1. The molecule has 1 aromatic heterocycles. The monoisotopic (exact) mass is 414 g/mol. The Kier molecular flexibility index (Phi) is 6.07. The minimum atomic E-state index is -0.301. The molecule has 0 aliphatic heterocycles. The highest BCUT2D eigenvalue weighted by atomic mass is 16.1. The lowest BCUT2D eigenvalue weighted by Crippen LogP contribution is -2.28. The molecule has 0 radical (unpaired) electrons. The zero-order chi connectivity index (χ0) is 21.8. The Labute approximate surface area is 182 Å². The second-order valence-electron chi connectivity index (χ2n) is 8.01. The van der Waals surface area contributed by atoms with Gasteiger partial charge in [0.1, 0.15) is 0 Å². The van der Waals surface area contributed by atoms with E-state index in [-0.39, 0.29) is 30.2 Å². The zero-order valence-electron chi connectivity index (χ0n) is 17.8. The highest BCUT2D eigenvalue weighted by molar-refractivity contribution is 6.04. The fraction of sp³-hybridized carbons (Fsp3) is 0.280. The number of ketones is 1. The van der Waals surface area contributed by atoms with Crippen LogP contribution in [0.1, 0.15) is 47.4 Å². The summed E-state index contributed by atoms with van der Waals surface area (Å²) in [5, 5.41) is 6.27. The molecule has 158 valence electrons. The molecule has 1 saturated carbocycles. The molecule has 0 spiro atoms. The lowest BCUT2D eigenvalue weighted by atomic mass is 9.98. The molecule has 3 aromatic rings. The van der Waals surface area contributed by atoms with E-state index in [0.717, 1.165) is 29.5 Å². The second-order valence-corrected chi connectivity index (χ2v) is 8.01. The van der Waals surface area contributed by atoms with Crippen molar-refractivity contribution in [3.05, 3.63) is 77.9 Å². The van der Waals surface area contributed by atoms with Crippen molar-refractivity contribution in [1.29, 1.82) is 0 Å². The molecule has 2 aromatic carbocycles. The van der Waals surface area contributed by atoms with E-state index < -0.39 is 0 Å². The third-order valence-corrected chi connectivity index (χ3v) is 5.52. The van der Waals surface area contributed by atoms with Crippen LogP contribution >= 0.6 is 0 Å². The van der Waals surface area contributed by atoms with E-state index in [9.17, 15) is 9.59 Å². The summed E-state index contributed by atoms with van der Waals surface area (Å²) >= 11 is 0. The molecule has 1 heterocycles. The van der Waals surface area contributed by atoms with Crippen LogP contribution in [-0.2, 0) is 4.79 Å². The number of carbonyl (C=O) groups is 2. The maximum Gasteiger partial charge on any atom is 0.253 e. The van der Waals surface area contributed by atoms with Crippen LogP contribution in [0.25, 0.3) is 11.1 Å². The minimum Gasteiger partial charge on any atom is -0.377 e. The van der Waals surface area contributed by atoms with E-state index in [4.69, 9.17) is 0 Å². The van der Waals surface area contributed by atoms with Gasteiger partial charge >= 0.3 is 0 Å². The number of carbonyl (C=O) groups excluding carboxylic acids is 2. The largest absolute Gasteiger partial charge is 0.377 e. The first kappa shape index (κ1) is 20.7. The van der Waals surface area contributed by atoms with E-state index >= 15 is 0 Å². The fourth-order valence-electron chi connectivity index (χ4n) is 3.51. The maximum atomic E-state index is 13.2. The number of anilines is 1. The summed E-state index contributed by atoms with van der Waals surface area (Å²) in [5.41, 5.74) is 4.89. The van der Waals surface area contributed by atoms with Gasteiger partial charge < -0.3 is 10.6 Å². The van der Waals surface area contributed by atoms with E-state index in [2.05, 4.69) is 20.6 Å². The molecule has 0 saturated heterocycles. The number of amides is 1. The van der Waals surface area contributed by atoms with Crippen molar-refractivity contribution in [3.63, 3.8) is 0 Å². The predicted octanol–water partition coefficient (Wildman–Crippen LogP) is 4.33. The Morgan fingerprint density at radius 2 is 1.87 bits per heavy atom. The third kappa shape index (κ3) is 4.97. The van der Waals surface area contributed by atoms with E-state index in [0.29, 0.717) is 16.9 Å². The first-order valence-electron chi connectivity index (χ1n) is 10.6. The quantitative estimate of drug-likeness (QED) is 0.573. The van der Waals surface area contributed by atoms with Gasteiger partial charge in [0.25, 0.3) is 5.91 Å². The molecule has 1 atom stereocenters. The number of hydrogen-bond donors (Lipinski definition) is 2. The highest BCUT2D eigenvalue weighted by Gasteiger charge is 2.29. The van der Waals surface area contributed by atoms with Gasteiger partial charge in [-0.2, -0.15) is 0 Å². The van der Waals surface area contributed by atoms with Gasteiger partial charge in [-0.15, -0.1) is 0 Å². The number of nitrogens with one attached hydrogen (secondary N) is 2. The summed E-state index contributed by atoms with van der Waals surface area (Å²) in [5.74, 6) is 0.125. The van der Waals surface area contributed by atoms with Crippen molar-refractivity contribution in [1.82, 2.24) is 15.3 Å². The summed E-state index contributed by atoms with van der Waals surface area (Å²) in [6.45, 7) is 4.12. The van der Waals surface area contributed by atoms with Crippen molar-refractivity contribution in [2.75, 3.05) is 11.9 Å². The first-order valence-corrected chi connectivity index (χ1v) is 10.6. The van der Waals surface area contributed by atoms with E-state index in [1.807, 2.05) is 50.2 Å². The summed E-state index contributed by atoms with van der Waals surface area (Å²) in [6.07, 6.45) is 6.77. The minimum absolute atomic E-state index is 0.160. The molecule has 6 nitrogen and oxygen atoms in total. The van der Waals surface area contributed by atoms with Crippen LogP contribution in [0.15, 0.2) is 61.1 Å². The molecular formula is C25H26N4O2. The lowest BCUT2D eigenvalue weighted by molar-refractivity contribution is -0.118. The van der Waals surface area contributed by atoms with E-state index in [1.165, 1.54) is 0 Å². The van der Waals surface area contributed by atoms with Gasteiger partial charge in [-0.25, -0.2) is 0 Å². The summed E-state index contributed by atoms with van der Waals surface area (Å²) in [4.78, 5) is 33.9. The molecular weight excluding hydrogens is 388 g/mol. The van der Waals surface area contributed by atoms with Gasteiger partial charge in [0.05, 0.1) is 35.7 Å². The predicted molar refractivity (Wildman–Crippen MR) is 121 cm³/mol. The molecule has 1 unspecified atom stereocenters. The number of nitrogens with zero attached hydrogens (tertiary/aromatic N) is 2. The molecule has 6 heteroatoms. The highest BCUT2D eigenvalue weighted by Crippen LogP contribution is 2.33. The zero-order valence-corrected chi connectivity index (χ0v) is 17.8.